The molecule has 0 saturated carbocycles. The molecule has 0 amide bonds. The summed E-state index contributed by atoms with van der Waals surface area (Å²) in [4.78, 5) is 1.43. The molecule has 2 N–H and O–H groups in total. The molecule has 1 heterocycles. The average Bonchev–Trinajstić information content (AvgIpc) is 2.74. The average molecular weight is 254 g/mol. The molecule has 17 heavy (non-hydrogen) atoms. The van der Waals surface area contributed by atoms with Crippen LogP contribution in [0.15, 0.2) is 0 Å². The van der Waals surface area contributed by atoms with Gasteiger partial charge in [-0.25, -0.2) is 0 Å². The second-order valence-corrected chi connectivity index (χ2v) is 4.36. The Morgan fingerprint density at radius 1 is 1.47 bits per heavy atom. The van der Waals surface area contributed by atoms with Gasteiger partial charge in [0.2, 0.25) is 0 Å². The molecule has 1 saturated heterocycles. The molecule has 2 unspecified atom stereocenters. The first-order valence-corrected chi connectivity index (χ1v) is 6.11. The van der Waals surface area contributed by atoms with E-state index >= 15 is 0 Å². The minimum absolute atomic E-state index is 0.0478. The molecule has 2 atom stereocenters. The van der Waals surface area contributed by atoms with Gasteiger partial charge in [-0.05, 0) is 32.4 Å². The van der Waals surface area contributed by atoms with E-state index in [1.165, 1.54) is 4.90 Å². The van der Waals surface area contributed by atoms with Crippen LogP contribution >= 0.6 is 0 Å². The van der Waals surface area contributed by atoms with Crippen LogP contribution in [0.3, 0.4) is 0 Å². The fourth-order valence-electron chi connectivity index (χ4n) is 2.24. The lowest BCUT2D eigenvalue weighted by Crippen LogP contribution is -2.49. The Labute approximate surface area is 100 Å². The zero-order chi connectivity index (χ0) is 12.9. The van der Waals surface area contributed by atoms with Gasteiger partial charge in [-0.3, -0.25) is 4.90 Å². The van der Waals surface area contributed by atoms with Crippen molar-refractivity contribution in [3.63, 3.8) is 0 Å². The first-order chi connectivity index (χ1) is 7.99. The smallest absolute Gasteiger partial charge is 0.377 e. The number of halogens is 3. The summed E-state index contributed by atoms with van der Waals surface area (Å²) < 4.78 is 44.0. The first-order valence-electron chi connectivity index (χ1n) is 6.11. The van der Waals surface area contributed by atoms with Gasteiger partial charge in [0.1, 0.15) is 6.04 Å². The van der Waals surface area contributed by atoms with Crippen LogP contribution in [-0.2, 0) is 4.74 Å². The fourth-order valence-corrected chi connectivity index (χ4v) is 2.24. The van der Waals surface area contributed by atoms with Crippen LogP contribution in [0.2, 0.25) is 0 Å². The normalized spacial score (nSPS) is 23.3. The van der Waals surface area contributed by atoms with E-state index in [9.17, 15) is 13.2 Å². The minimum Gasteiger partial charge on any atom is -0.377 e. The molecular formula is C11H21F3N2O. The first kappa shape index (κ1) is 14.7. The van der Waals surface area contributed by atoms with E-state index in [2.05, 4.69) is 0 Å². The molecule has 0 spiro atoms. The third-order valence-electron chi connectivity index (χ3n) is 3.13. The van der Waals surface area contributed by atoms with E-state index in [1.54, 1.807) is 6.92 Å². The third kappa shape index (κ3) is 4.44. The zero-order valence-corrected chi connectivity index (χ0v) is 10.2. The number of nitrogens with zero attached hydrogens (tertiary/aromatic N) is 1. The highest BCUT2D eigenvalue weighted by atomic mass is 19.4. The van der Waals surface area contributed by atoms with E-state index in [0.29, 0.717) is 19.7 Å². The number of rotatable bonds is 6. The number of nitrogens with two attached hydrogens (primary N) is 1. The van der Waals surface area contributed by atoms with Crippen molar-refractivity contribution in [2.45, 2.75) is 44.5 Å². The molecule has 102 valence electrons. The summed E-state index contributed by atoms with van der Waals surface area (Å²) >= 11 is 0. The Hall–Kier alpha value is -0.330. The maximum absolute atomic E-state index is 12.9. The summed E-state index contributed by atoms with van der Waals surface area (Å²) in [6.07, 6.45) is -2.53. The Kier molecular flexibility index (Phi) is 5.69. The Morgan fingerprint density at radius 3 is 2.59 bits per heavy atom. The highest BCUT2D eigenvalue weighted by Gasteiger charge is 2.43. The monoisotopic (exact) mass is 254 g/mol. The van der Waals surface area contributed by atoms with Gasteiger partial charge in [0.15, 0.2) is 0 Å². The van der Waals surface area contributed by atoms with Crippen molar-refractivity contribution < 1.29 is 17.9 Å². The summed E-state index contributed by atoms with van der Waals surface area (Å²) in [5, 5.41) is 0. The number of alkyl halides is 3. The lowest BCUT2D eigenvalue weighted by molar-refractivity contribution is -0.187. The molecule has 0 aliphatic carbocycles. The predicted molar refractivity (Wildman–Crippen MR) is 59.7 cm³/mol. The van der Waals surface area contributed by atoms with Crippen LogP contribution in [0.4, 0.5) is 13.2 Å². The topological polar surface area (TPSA) is 38.5 Å². The van der Waals surface area contributed by atoms with E-state index in [0.717, 1.165) is 12.8 Å². The van der Waals surface area contributed by atoms with Crippen molar-refractivity contribution in [2.24, 2.45) is 5.73 Å². The molecule has 6 heteroatoms. The molecule has 0 aromatic rings. The summed E-state index contributed by atoms with van der Waals surface area (Å²) in [7, 11) is 0. The molecule has 1 fully saturated rings. The second kappa shape index (κ2) is 6.56. The largest absolute Gasteiger partial charge is 0.404 e. The van der Waals surface area contributed by atoms with Crippen LogP contribution < -0.4 is 5.73 Å². The van der Waals surface area contributed by atoms with E-state index in [1.807, 2.05) is 0 Å². The van der Waals surface area contributed by atoms with Crippen molar-refractivity contribution in [2.75, 3.05) is 26.2 Å². The van der Waals surface area contributed by atoms with Crippen LogP contribution in [0.5, 0.6) is 0 Å². The van der Waals surface area contributed by atoms with Gasteiger partial charge in [0.05, 0.1) is 6.10 Å². The van der Waals surface area contributed by atoms with Crippen molar-refractivity contribution in [1.82, 2.24) is 4.90 Å². The standard InChI is InChI=1S/C11H21F3N2O/c1-2-16(8-9-4-3-7-17-9)10(5-6-15)11(12,13)14/h9-10H,2-8,15H2,1H3. The second-order valence-electron chi connectivity index (χ2n) is 4.36. The van der Waals surface area contributed by atoms with Gasteiger partial charge in [0.25, 0.3) is 0 Å². The lowest BCUT2D eigenvalue weighted by Gasteiger charge is -2.33. The summed E-state index contributed by atoms with van der Waals surface area (Å²) in [5.74, 6) is 0. The Balaban J connectivity index is 2.60. The number of hydrogen-bond donors (Lipinski definition) is 1. The van der Waals surface area contributed by atoms with Crippen molar-refractivity contribution in [1.29, 1.82) is 0 Å². The number of ether oxygens (including phenoxy) is 1. The van der Waals surface area contributed by atoms with Crippen molar-refractivity contribution in [3.8, 4) is 0 Å². The van der Waals surface area contributed by atoms with Gasteiger partial charge < -0.3 is 10.5 Å². The fraction of sp³-hybridized carbons (Fsp3) is 1.00. The summed E-state index contributed by atoms with van der Waals surface area (Å²) in [6.45, 7) is 3.16. The van der Waals surface area contributed by atoms with Crippen LogP contribution in [-0.4, -0.2) is 49.5 Å². The van der Waals surface area contributed by atoms with Gasteiger partial charge in [0, 0.05) is 13.2 Å². The minimum atomic E-state index is -4.21. The van der Waals surface area contributed by atoms with Gasteiger partial charge in [-0.2, -0.15) is 13.2 Å². The molecular weight excluding hydrogens is 233 g/mol. The van der Waals surface area contributed by atoms with E-state index in [4.69, 9.17) is 10.5 Å². The highest BCUT2D eigenvalue weighted by molar-refractivity contribution is 4.81. The Morgan fingerprint density at radius 2 is 2.18 bits per heavy atom. The maximum Gasteiger partial charge on any atom is 0.404 e. The van der Waals surface area contributed by atoms with Crippen LogP contribution in [0.25, 0.3) is 0 Å². The van der Waals surface area contributed by atoms with Gasteiger partial charge in [-0.15, -0.1) is 0 Å². The summed E-state index contributed by atoms with van der Waals surface area (Å²) in [5.41, 5.74) is 5.27. The van der Waals surface area contributed by atoms with Crippen molar-refractivity contribution in [3.05, 3.63) is 0 Å². The summed E-state index contributed by atoms with van der Waals surface area (Å²) in [6, 6.07) is -1.44. The molecule has 0 radical (unpaired) electrons. The number of likely N-dealkylation sites (N-methyl/N-ethyl adjacent to an activating group) is 1. The molecule has 0 bridgehead atoms. The van der Waals surface area contributed by atoms with Crippen LogP contribution in [0, 0.1) is 0 Å². The highest BCUT2D eigenvalue weighted by Crippen LogP contribution is 2.28. The third-order valence-corrected chi connectivity index (χ3v) is 3.13. The SMILES string of the molecule is CCN(CC1CCCO1)C(CCN)C(F)(F)F. The van der Waals surface area contributed by atoms with E-state index < -0.39 is 12.2 Å². The molecule has 1 aliphatic heterocycles. The van der Waals surface area contributed by atoms with Gasteiger partial charge in [-0.1, -0.05) is 6.92 Å². The predicted octanol–water partition coefficient (Wildman–Crippen LogP) is 1.77. The molecule has 0 aromatic heterocycles. The number of hydrogen-bond acceptors (Lipinski definition) is 3. The van der Waals surface area contributed by atoms with Crippen molar-refractivity contribution >= 4 is 0 Å². The molecule has 1 rings (SSSR count). The zero-order valence-electron chi connectivity index (χ0n) is 10.2. The molecule has 3 nitrogen and oxygen atoms in total. The maximum atomic E-state index is 12.9. The lowest BCUT2D eigenvalue weighted by atomic mass is 10.1. The van der Waals surface area contributed by atoms with Gasteiger partial charge >= 0.3 is 6.18 Å². The molecule has 0 aromatic carbocycles. The molecule has 1 aliphatic rings. The van der Waals surface area contributed by atoms with E-state index in [-0.39, 0.29) is 19.1 Å². The quantitative estimate of drug-likeness (QED) is 0.785. The Bertz CT molecular complexity index is 217. The van der Waals surface area contributed by atoms with Crippen LogP contribution in [0.1, 0.15) is 26.2 Å².